The number of rotatable bonds is 5. The second kappa shape index (κ2) is 9.77. The lowest BCUT2D eigenvalue weighted by atomic mass is 10.0. The molecule has 13 heteroatoms. The first-order chi connectivity index (χ1) is 19.6. The summed E-state index contributed by atoms with van der Waals surface area (Å²) in [5.74, 6) is -2.57. The standard InChI is InChI=1S/C28H21F2N5O6/c1-34-20-11-17(15(10-21(20)41-12-23(34)37)13-7-8-31-18(9-13)25(29)30)32-16-4-2-3-14-24(16)28(40)35(27(14)39)19-5-6-22(36)33-26(19)38/h2-4,7-11,19,25,32H,5-6,12H2,1H3,(H,33,36,38)/t19-/m0/s1. The first-order valence-corrected chi connectivity index (χ1v) is 12.6. The minimum absolute atomic E-state index is 0.00272. The molecule has 0 saturated carbocycles. The lowest BCUT2D eigenvalue weighted by molar-refractivity contribution is -0.136. The summed E-state index contributed by atoms with van der Waals surface area (Å²) in [5.41, 5.74) is 1.34. The fourth-order valence-electron chi connectivity index (χ4n) is 5.16. The number of likely N-dealkylation sites (N-methyl/N-ethyl adjacent to an activating group) is 1. The number of alkyl halides is 2. The van der Waals surface area contributed by atoms with Gasteiger partial charge < -0.3 is 15.0 Å². The van der Waals surface area contributed by atoms with Gasteiger partial charge in [0.05, 0.1) is 22.5 Å². The van der Waals surface area contributed by atoms with E-state index in [-0.39, 0.29) is 42.2 Å². The Morgan fingerprint density at radius 3 is 2.59 bits per heavy atom. The zero-order chi connectivity index (χ0) is 29.0. The van der Waals surface area contributed by atoms with Crippen LogP contribution in [-0.2, 0) is 14.4 Å². The monoisotopic (exact) mass is 561 g/mol. The summed E-state index contributed by atoms with van der Waals surface area (Å²) in [6.45, 7) is -0.201. The number of anilines is 3. The maximum atomic E-state index is 13.6. The number of imide groups is 2. The summed E-state index contributed by atoms with van der Waals surface area (Å²) in [7, 11) is 1.56. The third-order valence-corrected chi connectivity index (χ3v) is 7.24. The fraction of sp³-hybridized carbons (Fsp3) is 0.214. The lowest BCUT2D eigenvalue weighted by Crippen LogP contribution is -2.54. The number of nitrogens with one attached hydrogen (secondary N) is 2. The van der Waals surface area contributed by atoms with Gasteiger partial charge in [-0.2, -0.15) is 0 Å². The SMILES string of the molecule is CN1C(=O)COc2cc(-c3ccnc(C(F)F)c3)c(Nc3cccc4c3C(=O)N([C@H]3CCC(=O)NC3=O)C4=O)cc21. The third-order valence-electron chi connectivity index (χ3n) is 7.24. The van der Waals surface area contributed by atoms with Gasteiger partial charge >= 0.3 is 0 Å². The molecular weight excluding hydrogens is 540 g/mol. The van der Waals surface area contributed by atoms with Crippen LogP contribution < -0.4 is 20.3 Å². The van der Waals surface area contributed by atoms with Crippen LogP contribution in [0.1, 0.15) is 45.7 Å². The van der Waals surface area contributed by atoms with Crippen LogP contribution in [0.4, 0.5) is 25.8 Å². The van der Waals surface area contributed by atoms with Crippen LogP contribution >= 0.6 is 0 Å². The van der Waals surface area contributed by atoms with E-state index in [1.807, 2.05) is 0 Å². The highest BCUT2D eigenvalue weighted by Gasteiger charge is 2.45. The van der Waals surface area contributed by atoms with E-state index >= 15 is 0 Å². The van der Waals surface area contributed by atoms with E-state index < -0.39 is 41.8 Å². The van der Waals surface area contributed by atoms with Crippen LogP contribution in [0.15, 0.2) is 48.7 Å². The Bertz CT molecular complexity index is 1680. The molecule has 11 nitrogen and oxygen atoms in total. The van der Waals surface area contributed by atoms with Gasteiger partial charge in [0.25, 0.3) is 24.1 Å². The molecule has 0 unspecified atom stereocenters. The Balaban J connectivity index is 1.44. The average molecular weight is 562 g/mol. The van der Waals surface area contributed by atoms with Gasteiger partial charge in [0.1, 0.15) is 17.5 Å². The molecule has 5 amide bonds. The maximum absolute atomic E-state index is 13.6. The quantitative estimate of drug-likeness (QED) is 0.453. The Labute approximate surface area is 231 Å². The summed E-state index contributed by atoms with van der Waals surface area (Å²) >= 11 is 0. The van der Waals surface area contributed by atoms with Crippen LogP contribution in [0.5, 0.6) is 5.75 Å². The van der Waals surface area contributed by atoms with Crippen LogP contribution in [0, 0.1) is 0 Å². The molecule has 208 valence electrons. The molecule has 4 heterocycles. The minimum atomic E-state index is -2.82. The normalized spacial score (nSPS) is 18.3. The Morgan fingerprint density at radius 1 is 1.02 bits per heavy atom. The maximum Gasteiger partial charge on any atom is 0.280 e. The lowest BCUT2D eigenvalue weighted by Gasteiger charge is -2.28. The molecule has 0 radical (unpaired) electrons. The van der Waals surface area contributed by atoms with Crippen molar-refractivity contribution in [3.8, 4) is 16.9 Å². The molecule has 1 fully saturated rings. The van der Waals surface area contributed by atoms with Crippen molar-refractivity contribution in [3.63, 3.8) is 0 Å². The number of fused-ring (bicyclic) bond motifs is 2. The molecule has 0 bridgehead atoms. The number of aromatic nitrogens is 1. The number of amides is 5. The molecule has 3 aliphatic heterocycles. The van der Waals surface area contributed by atoms with Gasteiger partial charge in [0.15, 0.2) is 6.61 Å². The van der Waals surface area contributed by atoms with E-state index in [2.05, 4.69) is 15.6 Å². The highest BCUT2D eigenvalue weighted by Crippen LogP contribution is 2.43. The van der Waals surface area contributed by atoms with E-state index in [4.69, 9.17) is 4.74 Å². The molecule has 3 aliphatic rings. The molecule has 0 aliphatic carbocycles. The summed E-state index contributed by atoms with van der Waals surface area (Å²) < 4.78 is 32.6. The van der Waals surface area contributed by atoms with Crippen molar-refractivity contribution in [2.75, 3.05) is 23.9 Å². The van der Waals surface area contributed by atoms with Crippen molar-refractivity contribution < 1.29 is 37.5 Å². The zero-order valence-electron chi connectivity index (χ0n) is 21.4. The molecule has 1 atom stereocenters. The van der Waals surface area contributed by atoms with Crippen molar-refractivity contribution in [2.45, 2.75) is 25.3 Å². The Hall–Kier alpha value is -5.20. The van der Waals surface area contributed by atoms with Crippen molar-refractivity contribution in [3.05, 3.63) is 65.5 Å². The molecule has 3 aromatic rings. The number of ether oxygens (including phenoxy) is 1. The number of hydrogen-bond donors (Lipinski definition) is 2. The molecular formula is C28H21F2N5O6. The molecule has 2 aromatic carbocycles. The number of benzene rings is 2. The van der Waals surface area contributed by atoms with Crippen LogP contribution in [0.25, 0.3) is 11.1 Å². The highest BCUT2D eigenvalue weighted by molar-refractivity contribution is 6.25. The molecule has 2 N–H and O–H groups in total. The summed E-state index contributed by atoms with van der Waals surface area (Å²) in [4.78, 5) is 69.2. The van der Waals surface area contributed by atoms with Gasteiger partial charge in [-0.3, -0.25) is 39.2 Å². The molecule has 1 aromatic heterocycles. The van der Waals surface area contributed by atoms with E-state index in [0.717, 1.165) is 4.90 Å². The number of nitrogens with zero attached hydrogens (tertiary/aromatic N) is 3. The Kier molecular flexibility index (Phi) is 6.20. The van der Waals surface area contributed by atoms with E-state index in [0.29, 0.717) is 28.3 Å². The summed E-state index contributed by atoms with van der Waals surface area (Å²) in [5, 5.41) is 5.30. The average Bonchev–Trinajstić information content (AvgIpc) is 3.21. The molecule has 6 rings (SSSR count). The van der Waals surface area contributed by atoms with Crippen molar-refractivity contribution in [2.24, 2.45) is 0 Å². The predicted molar refractivity (Wildman–Crippen MR) is 140 cm³/mol. The largest absolute Gasteiger partial charge is 0.482 e. The zero-order valence-corrected chi connectivity index (χ0v) is 21.4. The number of carbonyl (C=O) groups is 5. The molecule has 41 heavy (non-hydrogen) atoms. The van der Waals surface area contributed by atoms with Crippen molar-refractivity contribution in [1.29, 1.82) is 0 Å². The number of pyridine rings is 1. The first kappa shape index (κ1) is 26.0. The van der Waals surface area contributed by atoms with Gasteiger partial charge in [0, 0.05) is 30.9 Å². The molecule has 0 spiro atoms. The van der Waals surface area contributed by atoms with Crippen molar-refractivity contribution in [1.82, 2.24) is 15.2 Å². The fourth-order valence-corrected chi connectivity index (χ4v) is 5.16. The summed E-state index contributed by atoms with van der Waals surface area (Å²) in [6.07, 6.45) is -1.59. The van der Waals surface area contributed by atoms with E-state index in [9.17, 15) is 32.8 Å². The topological polar surface area (TPSA) is 138 Å². The summed E-state index contributed by atoms with van der Waals surface area (Å²) in [6, 6.07) is 9.37. The number of piperidine rings is 1. The number of halogens is 2. The van der Waals surface area contributed by atoms with Gasteiger partial charge in [-0.1, -0.05) is 6.07 Å². The van der Waals surface area contributed by atoms with E-state index in [1.165, 1.54) is 29.3 Å². The van der Waals surface area contributed by atoms with Gasteiger partial charge in [-0.05, 0) is 48.4 Å². The highest BCUT2D eigenvalue weighted by atomic mass is 19.3. The van der Waals surface area contributed by atoms with Crippen LogP contribution in [-0.4, -0.2) is 59.1 Å². The van der Waals surface area contributed by atoms with Gasteiger partial charge in [-0.25, -0.2) is 8.78 Å². The number of carbonyl (C=O) groups excluding carboxylic acids is 5. The van der Waals surface area contributed by atoms with Gasteiger partial charge in [0.2, 0.25) is 11.8 Å². The first-order valence-electron chi connectivity index (χ1n) is 12.6. The van der Waals surface area contributed by atoms with Crippen LogP contribution in [0.3, 0.4) is 0 Å². The smallest absolute Gasteiger partial charge is 0.280 e. The third kappa shape index (κ3) is 4.35. The molecule has 1 saturated heterocycles. The number of hydrogen-bond acceptors (Lipinski definition) is 8. The predicted octanol–water partition coefficient (Wildman–Crippen LogP) is 3.19. The van der Waals surface area contributed by atoms with Gasteiger partial charge in [-0.15, -0.1) is 0 Å². The van der Waals surface area contributed by atoms with Crippen molar-refractivity contribution >= 4 is 46.6 Å². The second-order valence-corrected chi connectivity index (χ2v) is 9.68. The van der Waals surface area contributed by atoms with Crippen LogP contribution in [0.2, 0.25) is 0 Å². The second-order valence-electron chi connectivity index (χ2n) is 9.68. The Morgan fingerprint density at radius 2 is 1.83 bits per heavy atom. The minimum Gasteiger partial charge on any atom is -0.482 e. The van der Waals surface area contributed by atoms with E-state index in [1.54, 1.807) is 31.3 Å².